The molecule has 2 fully saturated rings. The fourth-order valence-corrected chi connectivity index (χ4v) is 4.40. The molecule has 0 unspecified atom stereocenters. The number of benzene rings is 1. The molecule has 3 rings (SSSR count). The summed E-state index contributed by atoms with van der Waals surface area (Å²) < 4.78 is 0. The molecule has 7 heteroatoms. The van der Waals surface area contributed by atoms with E-state index in [4.69, 9.17) is 0 Å². The summed E-state index contributed by atoms with van der Waals surface area (Å²) >= 11 is 0. The molecular weight excluding hydrogens is 356 g/mol. The third kappa shape index (κ3) is 5.22. The normalized spacial score (nSPS) is 21.5. The van der Waals surface area contributed by atoms with E-state index in [9.17, 15) is 14.9 Å². The topological polar surface area (TPSA) is 78.7 Å². The molecule has 1 amide bonds. The van der Waals surface area contributed by atoms with Crippen LogP contribution in [0.3, 0.4) is 0 Å². The summed E-state index contributed by atoms with van der Waals surface area (Å²) in [5.74, 6) is 0.141. The van der Waals surface area contributed by atoms with Crippen molar-refractivity contribution in [1.82, 2.24) is 10.2 Å². The van der Waals surface area contributed by atoms with Crippen LogP contribution in [0.1, 0.15) is 45.4 Å². The van der Waals surface area contributed by atoms with Crippen molar-refractivity contribution < 1.29 is 9.72 Å². The van der Waals surface area contributed by atoms with Crippen LogP contribution in [-0.4, -0.2) is 54.5 Å². The number of rotatable bonds is 7. The number of para-hydroxylation sites is 2. The quantitative estimate of drug-likeness (QED) is 0.441. The molecule has 28 heavy (non-hydrogen) atoms. The molecule has 0 aromatic heterocycles. The molecule has 1 aromatic rings. The molecule has 0 spiro atoms. The van der Waals surface area contributed by atoms with Crippen LogP contribution >= 0.6 is 0 Å². The summed E-state index contributed by atoms with van der Waals surface area (Å²) in [6, 6.07) is 7.50. The minimum atomic E-state index is -0.336. The average molecular weight is 389 g/mol. The van der Waals surface area contributed by atoms with E-state index >= 15 is 0 Å². The van der Waals surface area contributed by atoms with E-state index in [1.807, 2.05) is 11.0 Å². The van der Waals surface area contributed by atoms with Crippen LogP contribution in [0.2, 0.25) is 0 Å². The van der Waals surface area contributed by atoms with Crippen molar-refractivity contribution in [3.63, 3.8) is 0 Å². The number of nitrogens with zero attached hydrogens (tertiary/aromatic N) is 3. The first-order valence-electron chi connectivity index (χ1n) is 10.6. The lowest BCUT2D eigenvalue weighted by molar-refractivity contribution is -0.384. The molecule has 154 valence electrons. The van der Waals surface area contributed by atoms with Gasteiger partial charge in [-0.1, -0.05) is 18.6 Å². The SMILES string of the molecule is C[C@@H]1CCCCN1CCCNC(=O)C1CCN(c2ccccc2[N+](=O)[O-])CC1. The molecule has 2 aliphatic heterocycles. The molecule has 1 atom stereocenters. The fraction of sp³-hybridized carbons (Fsp3) is 0.667. The van der Waals surface area contributed by atoms with Crippen molar-refractivity contribution in [2.75, 3.05) is 37.6 Å². The molecule has 1 aromatic carbocycles. The van der Waals surface area contributed by atoms with Gasteiger partial charge in [0, 0.05) is 44.2 Å². The maximum Gasteiger partial charge on any atom is 0.292 e. The Balaban J connectivity index is 1.40. The molecule has 0 radical (unpaired) electrons. The van der Waals surface area contributed by atoms with Gasteiger partial charge in [0.15, 0.2) is 0 Å². The zero-order chi connectivity index (χ0) is 19.9. The molecule has 2 heterocycles. The maximum atomic E-state index is 12.5. The third-order valence-electron chi connectivity index (χ3n) is 6.15. The zero-order valence-electron chi connectivity index (χ0n) is 16.8. The molecular formula is C21H32N4O3. The van der Waals surface area contributed by atoms with Crippen molar-refractivity contribution in [3.8, 4) is 0 Å². The van der Waals surface area contributed by atoms with Crippen LogP contribution in [0.25, 0.3) is 0 Å². The number of nitro benzene ring substituents is 1. The van der Waals surface area contributed by atoms with Crippen LogP contribution in [0.15, 0.2) is 24.3 Å². The lowest BCUT2D eigenvalue weighted by atomic mass is 9.95. The Labute approximate surface area is 167 Å². The minimum Gasteiger partial charge on any atom is -0.366 e. The highest BCUT2D eigenvalue weighted by atomic mass is 16.6. The van der Waals surface area contributed by atoms with E-state index in [-0.39, 0.29) is 22.4 Å². The Morgan fingerprint density at radius 2 is 1.93 bits per heavy atom. The van der Waals surface area contributed by atoms with Gasteiger partial charge in [0.25, 0.3) is 5.69 Å². The second-order valence-corrected chi connectivity index (χ2v) is 8.03. The molecule has 7 nitrogen and oxygen atoms in total. The summed E-state index contributed by atoms with van der Waals surface area (Å²) in [5, 5.41) is 14.3. The number of carbonyl (C=O) groups is 1. The molecule has 0 bridgehead atoms. The highest BCUT2D eigenvalue weighted by Gasteiger charge is 2.28. The Hall–Kier alpha value is -2.15. The van der Waals surface area contributed by atoms with Gasteiger partial charge in [-0.3, -0.25) is 14.9 Å². The lowest BCUT2D eigenvalue weighted by Crippen LogP contribution is -2.42. The smallest absolute Gasteiger partial charge is 0.292 e. The van der Waals surface area contributed by atoms with Gasteiger partial charge >= 0.3 is 0 Å². The van der Waals surface area contributed by atoms with E-state index in [1.165, 1.54) is 31.9 Å². The van der Waals surface area contributed by atoms with E-state index in [0.717, 1.165) is 32.4 Å². The van der Waals surface area contributed by atoms with Gasteiger partial charge in [0.2, 0.25) is 5.91 Å². The summed E-state index contributed by atoms with van der Waals surface area (Å²) in [4.78, 5) is 27.9. The predicted molar refractivity (Wildman–Crippen MR) is 111 cm³/mol. The van der Waals surface area contributed by atoms with Crippen LogP contribution in [0, 0.1) is 16.0 Å². The van der Waals surface area contributed by atoms with Gasteiger partial charge in [-0.15, -0.1) is 0 Å². The number of hydrogen-bond donors (Lipinski definition) is 1. The van der Waals surface area contributed by atoms with E-state index in [1.54, 1.807) is 12.1 Å². The maximum absolute atomic E-state index is 12.5. The number of likely N-dealkylation sites (tertiary alicyclic amines) is 1. The number of carbonyl (C=O) groups excluding carboxylic acids is 1. The molecule has 2 saturated heterocycles. The Morgan fingerprint density at radius 1 is 1.18 bits per heavy atom. The van der Waals surface area contributed by atoms with Gasteiger partial charge in [0.05, 0.1) is 4.92 Å². The second kappa shape index (κ2) is 9.87. The Morgan fingerprint density at radius 3 is 2.64 bits per heavy atom. The van der Waals surface area contributed by atoms with Crippen molar-refractivity contribution in [2.24, 2.45) is 5.92 Å². The monoisotopic (exact) mass is 388 g/mol. The van der Waals surface area contributed by atoms with Crippen LogP contribution in [0.4, 0.5) is 11.4 Å². The largest absolute Gasteiger partial charge is 0.366 e. The second-order valence-electron chi connectivity index (χ2n) is 8.03. The van der Waals surface area contributed by atoms with Crippen molar-refractivity contribution in [1.29, 1.82) is 0 Å². The highest BCUT2D eigenvalue weighted by molar-refractivity contribution is 5.79. The molecule has 0 saturated carbocycles. The molecule has 0 aliphatic carbocycles. The van der Waals surface area contributed by atoms with Gasteiger partial charge in [0.1, 0.15) is 5.69 Å². The first-order valence-corrected chi connectivity index (χ1v) is 10.6. The molecule has 1 N–H and O–H groups in total. The van der Waals surface area contributed by atoms with Gasteiger partial charge < -0.3 is 15.1 Å². The predicted octanol–water partition coefficient (Wildman–Crippen LogP) is 3.19. The number of nitrogens with one attached hydrogen (secondary N) is 1. The van der Waals surface area contributed by atoms with Crippen LogP contribution < -0.4 is 10.2 Å². The number of nitro groups is 1. The zero-order valence-corrected chi connectivity index (χ0v) is 16.8. The first-order chi connectivity index (χ1) is 13.6. The summed E-state index contributed by atoms with van der Waals surface area (Å²) in [6.45, 7) is 6.61. The minimum absolute atomic E-state index is 0.00734. The summed E-state index contributed by atoms with van der Waals surface area (Å²) in [7, 11) is 0. The van der Waals surface area contributed by atoms with Gasteiger partial charge in [-0.2, -0.15) is 0 Å². The highest BCUT2D eigenvalue weighted by Crippen LogP contribution is 2.31. The van der Waals surface area contributed by atoms with Gasteiger partial charge in [-0.25, -0.2) is 0 Å². The number of amides is 1. The van der Waals surface area contributed by atoms with E-state index in [2.05, 4.69) is 17.1 Å². The Bertz CT molecular complexity index is 673. The summed E-state index contributed by atoms with van der Waals surface area (Å²) in [5.41, 5.74) is 0.791. The fourth-order valence-electron chi connectivity index (χ4n) is 4.40. The van der Waals surface area contributed by atoms with Gasteiger partial charge in [-0.05, 0) is 51.6 Å². The van der Waals surface area contributed by atoms with Crippen LogP contribution in [0.5, 0.6) is 0 Å². The average Bonchev–Trinajstić information content (AvgIpc) is 2.72. The molecule has 2 aliphatic rings. The number of piperidine rings is 2. The van der Waals surface area contributed by atoms with Crippen molar-refractivity contribution >= 4 is 17.3 Å². The first kappa shape index (κ1) is 20.6. The Kier molecular flexibility index (Phi) is 7.25. The van der Waals surface area contributed by atoms with Crippen LogP contribution in [-0.2, 0) is 4.79 Å². The van der Waals surface area contributed by atoms with E-state index < -0.39 is 0 Å². The number of hydrogen-bond acceptors (Lipinski definition) is 5. The third-order valence-corrected chi connectivity index (χ3v) is 6.15. The number of anilines is 1. The lowest BCUT2D eigenvalue weighted by Gasteiger charge is -2.33. The standard InChI is InChI=1S/C21H32N4O3/c1-17-7-4-5-13-23(17)14-6-12-22-21(26)18-10-15-24(16-11-18)19-8-2-3-9-20(19)25(27)28/h2-3,8-9,17-18H,4-7,10-16H2,1H3,(H,22,26)/t17-/m1/s1. The van der Waals surface area contributed by atoms with E-state index in [0.29, 0.717) is 24.8 Å². The van der Waals surface area contributed by atoms with Crippen molar-refractivity contribution in [3.05, 3.63) is 34.4 Å². The summed E-state index contributed by atoms with van der Waals surface area (Å²) in [6.07, 6.45) is 6.37. The van der Waals surface area contributed by atoms with Crippen molar-refractivity contribution in [2.45, 2.75) is 51.5 Å².